The van der Waals surface area contributed by atoms with Crippen molar-refractivity contribution in [1.82, 2.24) is 4.98 Å². The highest BCUT2D eigenvalue weighted by Gasteiger charge is 2.31. The van der Waals surface area contributed by atoms with Crippen LogP contribution in [0.15, 0.2) is 18.2 Å². The zero-order valence-corrected chi connectivity index (χ0v) is 7.45. The standard InChI is InChI=1S/C8H3F3NOS/c9-8(10,11)13-5-1-2-7-6(3-5)12-4-14-7/h1-3H. The molecule has 0 aliphatic heterocycles. The minimum atomic E-state index is -4.66. The molecule has 0 saturated heterocycles. The highest BCUT2D eigenvalue weighted by molar-refractivity contribution is 7.16. The molecule has 0 saturated carbocycles. The lowest BCUT2D eigenvalue weighted by Gasteiger charge is -2.07. The largest absolute Gasteiger partial charge is 0.573 e. The number of benzene rings is 1. The number of thiazole rings is 1. The Morgan fingerprint density at radius 3 is 2.86 bits per heavy atom. The summed E-state index contributed by atoms with van der Waals surface area (Å²) in [5, 5.41) is 0. The van der Waals surface area contributed by atoms with Crippen LogP contribution in [0.3, 0.4) is 0 Å². The molecule has 0 amide bonds. The second kappa shape index (κ2) is 3.13. The van der Waals surface area contributed by atoms with Gasteiger partial charge in [0.05, 0.1) is 10.2 Å². The molecule has 0 fully saturated rings. The van der Waals surface area contributed by atoms with Crippen molar-refractivity contribution in [2.45, 2.75) is 6.36 Å². The third-order valence-corrected chi connectivity index (χ3v) is 2.23. The fourth-order valence-corrected chi connectivity index (χ4v) is 1.58. The number of halogens is 3. The van der Waals surface area contributed by atoms with Gasteiger partial charge in [-0.15, -0.1) is 24.5 Å². The monoisotopic (exact) mass is 218 g/mol. The van der Waals surface area contributed by atoms with Gasteiger partial charge in [-0.25, -0.2) is 4.98 Å². The first-order chi connectivity index (χ1) is 6.54. The van der Waals surface area contributed by atoms with Crippen molar-refractivity contribution < 1.29 is 17.9 Å². The normalized spacial score (nSPS) is 11.9. The van der Waals surface area contributed by atoms with E-state index in [-0.39, 0.29) is 5.75 Å². The molecule has 0 N–H and O–H groups in total. The molecule has 0 aliphatic rings. The van der Waals surface area contributed by atoms with E-state index >= 15 is 0 Å². The summed E-state index contributed by atoms with van der Waals surface area (Å²) in [6.45, 7) is 0. The van der Waals surface area contributed by atoms with E-state index < -0.39 is 6.36 Å². The van der Waals surface area contributed by atoms with Gasteiger partial charge < -0.3 is 4.74 Å². The van der Waals surface area contributed by atoms with E-state index in [1.165, 1.54) is 29.5 Å². The van der Waals surface area contributed by atoms with Gasteiger partial charge in [-0.1, -0.05) is 0 Å². The van der Waals surface area contributed by atoms with Crippen LogP contribution in [0.4, 0.5) is 13.2 Å². The van der Waals surface area contributed by atoms with Crippen LogP contribution in [-0.2, 0) is 0 Å². The van der Waals surface area contributed by atoms with Gasteiger partial charge in [-0.2, -0.15) is 0 Å². The molecule has 1 aromatic carbocycles. The van der Waals surface area contributed by atoms with Gasteiger partial charge in [0, 0.05) is 6.07 Å². The van der Waals surface area contributed by atoms with Gasteiger partial charge in [0.15, 0.2) is 5.51 Å². The first-order valence-corrected chi connectivity index (χ1v) is 4.39. The van der Waals surface area contributed by atoms with Crippen molar-refractivity contribution in [2.75, 3.05) is 0 Å². The zero-order chi connectivity index (χ0) is 10.2. The Morgan fingerprint density at radius 1 is 1.36 bits per heavy atom. The second-order valence-electron chi connectivity index (χ2n) is 2.48. The molecule has 14 heavy (non-hydrogen) atoms. The van der Waals surface area contributed by atoms with Crippen LogP contribution in [0, 0.1) is 5.51 Å². The van der Waals surface area contributed by atoms with Crippen LogP contribution in [0.1, 0.15) is 0 Å². The molecule has 1 aromatic heterocycles. The summed E-state index contributed by atoms with van der Waals surface area (Å²) in [5.74, 6) is -0.260. The van der Waals surface area contributed by atoms with Crippen LogP contribution >= 0.6 is 11.3 Å². The average Bonchev–Trinajstić information content (AvgIpc) is 2.47. The number of nitrogens with zero attached hydrogens (tertiary/aromatic N) is 1. The SMILES string of the molecule is FC(F)(F)Oc1ccc2s[c]nc2c1. The Kier molecular flexibility index (Phi) is 2.07. The van der Waals surface area contributed by atoms with Gasteiger partial charge >= 0.3 is 6.36 Å². The Bertz CT molecular complexity index is 451. The van der Waals surface area contributed by atoms with Crippen LogP contribution in [-0.4, -0.2) is 11.3 Å². The van der Waals surface area contributed by atoms with Gasteiger partial charge in [0.1, 0.15) is 5.75 Å². The van der Waals surface area contributed by atoms with Crippen molar-refractivity contribution >= 4 is 21.6 Å². The number of fused-ring (bicyclic) bond motifs is 1. The third-order valence-electron chi connectivity index (χ3n) is 1.49. The van der Waals surface area contributed by atoms with Gasteiger partial charge in [-0.3, -0.25) is 0 Å². The van der Waals surface area contributed by atoms with Gasteiger partial charge in [0.25, 0.3) is 0 Å². The van der Waals surface area contributed by atoms with Crippen molar-refractivity contribution in [3.63, 3.8) is 0 Å². The smallest absolute Gasteiger partial charge is 0.406 e. The lowest BCUT2D eigenvalue weighted by atomic mass is 10.3. The maximum absolute atomic E-state index is 11.8. The molecule has 0 atom stereocenters. The lowest BCUT2D eigenvalue weighted by molar-refractivity contribution is -0.274. The zero-order valence-electron chi connectivity index (χ0n) is 6.63. The summed E-state index contributed by atoms with van der Waals surface area (Å²) < 4.78 is 40.0. The van der Waals surface area contributed by atoms with E-state index in [1.807, 2.05) is 0 Å². The van der Waals surface area contributed by atoms with Crippen LogP contribution in [0.2, 0.25) is 0 Å². The number of hydrogen-bond donors (Lipinski definition) is 0. The van der Waals surface area contributed by atoms with E-state index in [1.54, 1.807) is 0 Å². The number of aromatic nitrogens is 1. The Hall–Kier alpha value is -1.30. The minimum absolute atomic E-state index is 0.260. The third kappa shape index (κ3) is 1.95. The Morgan fingerprint density at radius 2 is 2.14 bits per heavy atom. The molecule has 0 bridgehead atoms. The van der Waals surface area contributed by atoms with E-state index in [4.69, 9.17) is 0 Å². The molecule has 0 aliphatic carbocycles. The molecule has 1 heterocycles. The highest BCUT2D eigenvalue weighted by Crippen LogP contribution is 2.27. The number of alkyl halides is 3. The summed E-state index contributed by atoms with van der Waals surface area (Å²) in [6.07, 6.45) is -4.66. The van der Waals surface area contributed by atoms with Gasteiger partial charge in [-0.05, 0) is 12.1 Å². The van der Waals surface area contributed by atoms with Crippen molar-refractivity contribution in [3.8, 4) is 5.75 Å². The maximum atomic E-state index is 11.8. The molecule has 2 nitrogen and oxygen atoms in total. The quantitative estimate of drug-likeness (QED) is 0.734. The van der Waals surface area contributed by atoms with Crippen molar-refractivity contribution in [3.05, 3.63) is 23.7 Å². The molecular formula is C8H3F3NOS. The van der Waals surface area contributed by atoms with E-state index in [0.29, 0.717) is 5.52 Å². The fourth-order valence-electron chi connectivity index (χ4n) is 0.989. The molecule has 0 spiro atoms. The first kappa shape index (κ1) is 9.26. The summed E-state index contributed by atoms with van der Waals surface area (Å²) in [7, 11) is 0. The molecule has 73 valence electrons. The van der Waals surface area contributed by atoms with Crippen LogP contribution in [0.5, 0.6) is 5.75 Å². The molecule has 6 heteroatoms. The highest BCUT2D eigenvalue weighted by atomic mass is 32.1. The molecule has 0 unspecified atom stereocenters. The minimum Gasteiger partial charge on any atom is -0.406 e. The van der Waals surface area contributed by atoms with E-state index in [9.17, 15) is 13.2 Å². The van der Waals surface area contributed by atoms with Crippen molar-refractivity contribution in [1.29, 1.82) is 0 Å². The van der Waals surface area contributed by atoms with Crippen LogP contribution in [0.25, 0.3) is 10.2 Å². The number of hydrogen-bond acceptors (Lipinski definition) is 3. The predicted octanol–water partition coefficient (Wildman–Crippen LogP) is 3.00. The van der Waals surface area contributed by atoms with Gasteiger partial charge in [0.2, 0.25) is 0 Å². The summed E-state index contributed by atoms with van der Waals surface area (Å²) in [6, 6.07) is 4.00. The van der Waals surface area contributed by atoms with Crippen molar-refractivity contribution in [2.24, 2.45) is 0 Å². The topological polar surface area (TPSA) is 22.1 Å². The fraction of sp³-hybridized carbons (Fsp3) is 0.125. The van der Waals surface area contributed by atoms with E-state index in [0.717, 1.165) is 4.70 Å². The average molecular weight is 218 g/mol. The molecule has 2 aromatic rings. The summed E-state index contributed by atoms with van der Waals surface area (Å²) in [5.41, 5.74) is 3.04. The first-order valence-electron chi connectivity index (χ1n) is 3.57. The summed E-state index contributed by atoms with van der Waals surface area (Å²) >= 11 is 1.24. The maximum Gasteiger partial charge on any atom is 0.573 e. The van der Waals surface area contributed by atoms with Crippen LogP contribution < -0.4 is 4.74 Å². The summed E-state index contributed by atoms with van der Waals surface area (Å²) in [4.78, 5) is 3.76. The van der Waals surface area contributed by atoms with E-state index in [2.05, 4.69) is 15.2 Å². The second-order valence-corrected chi connectivity index (χ2v) is 3.31. The molecule has 2 rings (SSSR count). The molecule has 1 radical (unpaired) electrons. The predicted molar refractivity (Wildman–Crippen MR) is 45.1 cm³/mol. The Labute approximate surface area is 80.9 Å². The Balaban J connectivity index is 2.35. The molecular weight excluding hydrogens is 215 g/mol. The lowest BCUT2D eigenvalue weighted by Crippen LogP contribution is -2.16. The number of rotatable bonds is 1. The number of ether oxygens (including phenoxy) is 1.